The van der Waals surface area contributed by atoms with E-state index in [-0.39, 0.29) is 0 Å². The zero-order chi connectivity index (χ0) is 14.4. The lowest BCUT2D eigenvalue weighted by Crippen LogP contribution is -2.09. The van der Waals surface area contributed by atoms with Crippen LogP contribution in [-0.4, -0.2) is 16.4 Å². The second-order valence-corrected chi connectivity index (χ2v) is 4.92. The minimum atomic E-state index is 0.691. The van der Waals surface area contributed by atoms with Crippen LogP contribution in [0, 0.1) is 0 Å². The summed E-state index contributed by atoms with van der Waals surface area (Å²) < 4.78 is 7.69. The average Bonchev–Trinajstić information content (AvgIpc) is 2.91. The number of benzene rings is 1. The molecule has 1 aromatic heterocycles. The summed E-state index contributed by atoms with van der Waals surface area (Å²) in [6, 6.07) is 7.64. The van der Waals surface area contributed by atoms with Crippen LogP contribution < -0.4 is 10.1 Å². The van der Waals surface area contributed by atoms with Crippen molar-refractivity contribution < 1.29 is 4.74 Å². The van der Waals surface area contributed by atoms with Gasteiger partial charge in [0.15, 0.2) is 0 Å². The molecule has 1 heterocycles. The molecule has 0 unspecified atom stereocenters. The van der Waals surface area contributed by atoms with Gasteiger partial charge in [-0.15, -0.1) is 0 Å². The lowest BCUT2D eigenvalue weighted by molar-refractivity contribution is 0.319. The zero-order valence-electron chi connectivity index (χ0n) is 11.9. The van der Waals surface area contributed by atoms with Crippen LogP contribution in [0.15, 0.2) is 30.5 Å². The average molecular weight is 294 g/mol. The van der Waals surface area contributed by atoms with E-state index in [1.165, 1.54) is 0 Å². The normalized spacial score (nSPS) is 10.6. The minimum absolute atomic E-state index is 0.691. The van der Waals surface area contributed by atoms with Gasteiger partial charge in [-0.2, -0.15) is 5.10 Å². The molecular formula is C15H20ClN3O. The molecule has 108 valence electrons. The lowest BCUT2D eigenvalue weighted by Gasteiger charge is -2.14. The van der Waals surface area contributed by atoms with Crippen molar-refractivity contribution >= 4 is 17.3 Å². The van der Waals surface area contributed by atoms with Crippen LogP contribution in [0.5, 0.6) is 5.75 Å². The highest BCUT2D eigenvalue weighted by atomic mass is 35.5. The summed E-state index contributed by atoms with van der Waals surface area (Å²) in [4.78, 5) is 0. The monoisotopic (exact) mass is 293 g/mol. The Hall–Kier alpha value is -1.68. The molecule has 0 radical (unpaired) electrons. The summed E-state index contributed by atoms with van der Waals surface area (Å²) in [6.07, 6.45) is 2.79. The maximum Gasteiger partial charge on any atom is 0.142 e. The number of ether oxygens (including phenoxy) is 1. The minimum Gasteiger partial charge on any atom is -0.491 e. The fourth-order valence-corrected chi connectivity index (χ4v) is 2.13. The van der Waals surface area contributed by atoms with Gasteiger partial charge in [-0.05, 0) is 37.6 Å². The second-order valence-electron chi connectivity index (χ2n) is 4.48. The maximum atomic E-state index is 6.06. The van der Waals surface area contributed by atoms with E-state index in [1.54, 1.807) is 0 Å². The molecule has 0 aliphatic carbocycles. The maximum absolute atomic E-state index is 6.06. The molecule has 1 N–H and O–H groups in total. The van der Waals surface area contributed by atoms with Crippen LogP contribution in [0.4, 0.5) is 5.69 Å². The predicted octanol–water partition coefficient (Wildman–Crippen LogP) is 3.96. The van der Waals surface area contributed by atoms with E-state index < -0.39 is 0 Å². The van der Waals surface area contributed by atoms with Crippen LogP contribution in [0.1, 0.15) is 26.0 Å². The Bertz CT molecular complexity index is 554. The molecule has 0 atom stereocenters. The molecular weight excluding hydrogens is 274 g/mol. The van der Waals surface area contributed by atoms with E-state index in [9.17, 15) is 0 Å². The molecule has 1 aromatic carbocycles. The number of rotatable bonds is 7. The van der Waals surface area contributed by atoms with Crippen LogP contribution in [0.25, 0.3) is 0 Å². The van der Waals surface area contributed by atoms with Gasteiger partial charge in [-0.3, -0.25) is 4.68 Å². The molecule has 0 amide bonds. The van der Waals surface area contributed by atoms with Gasteiger partial charge in [0.25, 0.3) is 0 Å². The summed E-state index contributed by atoms with van der Waals surface area (Å²) in [7, 11) is 0. The van der Waals surface area contributed by atoms with Crippen LogP contribution >= 0.6 is 11.6 Å². The van der Waals surface area contributed by atoms with E-state index in [0.29, 0.717) is 18.2 Å². The second kappa shape index (κ2) is 7.20. The zero-order valence-corrected chi connectivity index (χ0v) is 12.7. The van der Waals surface area contributed by atoms with Gasteiger partial charge < -0.3 is 10.1 Å². The first-order valence-electron chi connectivity index (χ1n) is 6.91. The summed E-state index contributed by atoms with van der Waals surface area (Å²) in [6.45, 7) is 6.41. The Kier molecular flexibility index (Phi) is 5.30. The van der Waals surface area contributed by atoms with Gasteiger partial charge in [-0.1, -0.05) is 18.5 Å². The number of hydrogen-bond acceptors (Lipinski definition) is 3. The van der Waals surface area contributed by atoms with Crippen LogP contribution in [0.2, 0.25) is 5.02 Å². The standard InChI is InChI=1S/C15H20ClN3O/c1-3-9-20-15-6-5-12(16)10-14(15)17-11-13-7-8-18-19(13)4-2/h5-8,10,17H,3-4,9,11H2,1-2H3. The van der Waals surface area contributed by atoms with E-state index >= 15 is 0 Å². The van der Waals surface area contributed by atoms with Crippen molar-refractivity contribution in [3.63, 3.8) is 0 Å². The molecule has 2 aromatic rings. The van der Waals surface area contributed by atoms with Crippen LogP contribution in [0.3, 0.4) is 0 Å². The summed E-state index contributed by atoms with van der Waals surface area (Å²) in [5.41, 5.74) is 2.05. The molecule has 20 heavy (non-hydrogen) atoms. The summed E-state index contributed by atoms with van der Waals surface area (Å²) >= 11 is 6.06. The molecule has 0 aliphatic rings. The quantitative estimate of drug-likeness (QED) is 0.840. The molecule has 5 heteroatoms. The molecule has 0 aliphatic heterocycles. The third kappa shape index (κ3) is 3.67. The van der Waals surface area contributed by atoms with Crippen molar-refractivity contribution in [2.75, 3.05) is 11.9 Å². The number of nitrogens with zero attached hydrogens (tertiary/aromatic N) is 2. The van der Waals surface area contributed by atoms with E-state index in [4.69, 9.17) is 16.3 Å². The first kappa shape index (κ1) is 14.7. The Morgan fingerprint density at radius 3 is 2.90 bits per heavy atom. The number of aryl methyl sites for hydroxylation is 1. The number of aromatic nitrogens is 2. The summed E-state index contributed by atoms with van der Waals surface area (Å²) in [5.74, 6) is 0.832. The Balaban J connectivity index is 2.09. The van der Waals surface area contributed by atoms with Gasteiger partial charge in [0.05, 0.1) is 24.5 Å². The van der Waals surface area contributed by atoms with E-state index in [1.807, 2.05) is 35.1 Å². The van der Waals surface area contributed by atoms with Crippen molar-refractivity contribution in [2.24, 2.45) is 0 Å². The highest BCUT2D eigenvalue weighted by Crippen LogP contribution is 2.28. The van der Waals surface area contributed by atoms with Gasteiger partial charge >= 0.3 is 0 Å². The molecule has 0 bridgehead atoms. The van der Waals surface area contributed by atoms with E-state index in [0.717, 1.165) is 30.1 Å². The smallest absolute Gasteiger partial charge is 0.142 e. The molecule has 0 saturated heterocycles. The number of nitrogens with one attached hydrogen (secondary N) is 1. The number of hydrogen-bond donors (Lipinski definition) is 1. The van der Waals surface area contributed by atoms with Crippen LogP contribution in [-0.2, 0) is 13.1 Å². The molecule has 0 fully saturated rings. The summed E-state index contributed by atoms with van der Waals surface area (Å²) in [5, 5.41) is 8.32. The van der Waals surface area contributed by atoms with Crippen molar-refractivity contribution in [1.82, 2.24) is 9.78 Å². The van der Waals surface area contributed by atoms with Gasteiger partial charge in [0.2, 0.25) is 0 Å². The largest absolute Gasteiger partial charge is 0.491 e. The predicted molar refractivity (Wildman–Crippen MR) is 82.5 cm³/mol. The van der Waals surface area contributed by atoms with Crippen molar-refractivity contribution in [2.45, 2.75) is 33.4 Å². The first-order chi connectivity index (χ1) is 9.74. The van der Waals surface area contributed by atoms with E-state index in [2.05, 4.69) is 24.3 Å². The number of halogens is 1. The molecule has 0 saturated carbocycles. The fourth-order valence-electron chi connectivity index (χ4n) is 1.96. The number of anilines is 1. The highest BCUT2D eigenvalue weighted by molar-refractivity contribution is 6.30. The van der Waals surface area contributed by atoms with Gasteiger partial charge in [-0.25, -0.2) is 0 Å². The molecule has 4 nitrogen and oxygen atoms in total. The van der Waals surface area contributed by atoms with Crippen molar-refractivity contribution in [1.29, 1.82) is 0 Å². The Labute approximate surface area is 124 Å². The van der Waals surface area contributed by atoms with Gasteiger partial charge in [0, 0.05) is 17.8 Å². The molecule has 2 rings (SSSR count). The molecule has 0 spiro atoms. The topological polar surface area (TPSA) is 39.1 Å². The first-order valence-corrected chi connectivity index (χ1v) is 7.29. The third-order valence-corrected chi connectivity index (χ3v) is 3.20. The highest BCUT2D eigenvalue weighted by Gasteiger charge is 2.06. The van der Waals surface area contributed by atoms with Gasteiger partial charge in [0.1, 0.15) is 5.75 Å². The Morgan fingerprint density at radius 1 is 1.30 bits per heavy atom. The van der Waals surface area contributed by atoms with Crippen molar-refractivity contribution in [3.8, 4) is 5.75 Å². The lowest BCUT2D eigenvalue weighted by atomic mass is 10.2. The Morgan fingerprint density at radius 2 is 2.15 bits per heavy atom. The third-order valence-electron chi connectivity index (χ3n) is 2.97. The SMILES string of the molecule is CCCOc1ccc(Cl)cc1NCc1ccnn1CC. The van der Waals surface area contributed by atoms with Crippen molar-refractivity contribution in [3.05, 3.63) is 41.2 Å². The fraction of sp³-hybridized carbons (Fsp3) is 0.400.